The van der Waals surface area contributed by atoms with Crippen molar-refractivity contribution in [3.8, 4) is 11.3 Å². The number of nitrogens with one attached hydrogen (secondary N) is 2. The van der Waals surface area contributed by atoms with Crippen molar-refractivity contribution in [1.29, 1.82) is 0 Å². The molecule has 0 aliphatic heterocycles. The van der Waals surface area contributed by atoms with Crippen molar-refractivity contribution in [3.05, 3.63) is 46.9 Å². The minimum absolute atomic E-state index is 0.0911. The van der Waals surface area contributed by atoms with Gasteiger partial charge in [0.15, 0.2) is 0 Å². The number of anilines is 1. The summed E-state index contributed by atoms with van der Waals surface area (Å²) in [7, 11) is 1.94. The van der Waals surface area contributed by atoms with Crippen LogP contribution in [0.2, 0.25) is 0 Å². The van der Waals surface area contributed by atoms with Gasteiger partial charge in [0.25, 0.3) is 0 Å². The smallest absolute Gasteiger partial charge is 0.227 e. The van der Waals surface area contributed by atoms with Crippen LogP contribution in [-0.2, 0) is 17.8 Å². The lowest BCUT2D eigenvalue weighted by Crippen LogP contribution is -2.24. The van der Waals surface area contributed by atoms with Gasteiger partial charge in [-0.2, -0.15) is 5.10 Å². The quantitative estimate of drug-likeness (QED) is 0.619. The van der Waals surface area contributed by atoms with E-state index in [0.29, 0.717) is 24.6 Å². The number of aromatic nitrogens is 4. The van der Waals surface area contributed by atoms with Crippen molar-refractivity contribution in [2.75, 3.05) is 18.9 Å². The molecule has 0 aliphatic carbocycles. The van der Waals surface area contributed by atoms with Gasteiger partial charge in [-0.3, -0.25) is 9.89 Å². The number of carbonyl (C=O) groups is 1. The van der Waals surface area contributed by atoms with Crippen molar-refractivity contribution in [1.82, 2.24) is 25.3 Å². The molecule has 2 N–H and O–H groups in total. The summed E-state index contributed by atoms with van der Waals surface area (Å²) in [5.74, 6) is -0.365. The van der Waals surface area contributed by atoms with Crippen molar-refractivity contribution in [2.45, 2.75) is 26.3 Å². The molecule has 7 nitrogen and oxygen atoms in total. The zero-order valence-corrected chi connectivity index (χ0v) is 16.0. The van der Waals surface area contributed by atoms with Crippen LogP contribution in [0, 0.1) is 5.82 Å². The minimum atomic E-state index is -0.274. The van der Waals surface area contributed by atoms with Crippen molar-refractivity contribution < 1.29 is 9.18 Å². The molecule has 0 aliphatic rings. The number of nitrogens with zero attached hydrogens (tertiary/aromatic N) is 4. The number of H-pyrrole nitrogens is 1. The van der Waals surface area contributed by atoms with E-state index in [1.165, 1.54) is 23.5 Å². The number of amides is 1. The Morgan fingerprint density at radius 2 is 2.07 bits per heavy atom. The summed E-state index contributed by atoms with van der Waals surface area (Å²) in [6, 6.07) is 6.27. The summed E-state index contributed by atoms with van der Waals surface area (Å²) in [6.07, 6.45) is 2.90. The maximum Gasteiger partial charge on any atom is 0.227 e. The Morgan fingerprint density at radius 3 is 2.78 bits per heavy atom. The third-order valence-corrected chi connectivity index (χ3v) is 5.01. The van der Waals surface area contributed by atoms with Gasteiger partial charge in [-0.25, -0.2) is 4.39 Å². The van der Waals surface area contributed by atoms with Gasteiger partial charge >= 0.3 is 0 Å². The monoisotopic (exact) mass is 388 g/mol. The Bertz CT molecular complexity index is 891. The maximum atomic E-state index is 13.1. The molecule has 0 radical (unpaired) electrons. The first-order chi connectivity index (χ1) is 13.0. The topological polar surface area (TPSA) is 86.8 Å². The number of aryl methyl sites for hydroxylation is 1. The third-order valence-electron chi connectivity index (χ3n) is 4.03. The van der Waals surface area contributed by atoms with Crippen LogP contribution in [0.15, 0.2) is 30.5 Å². The van der Waals surface area contributed by atoms with Crippen LogP contribution < -0.4 is 5.32 Å². The number of carbonyl (C=O) groups excluding carboxylic acids is 1. The van der Waals surface area contributed by atoms with Gasteiger partial charge in [0.05, 0.1) is 11.9 Å². The van der Waals surface area contributed by atoms with Gasteiger partial charge in [-0.1, -0.05) is 18.3 Å². The molecular weight excluding hydrogens is 367 g/mol. The van der Waals surface area contributed by atoms with Gasteiger partial charge < -0.3 is 10.2 Å². The number of rotatable bonds is 8. The lowest BCUT2D eigenvalue weighted by atomic mass is 10.1. The summed E-state index contributed by atoms with van der Waals surface area (Å²) in [5, 5.41) is 19.2. The van der Waals surface area contributed by atoms with Crippen LogP contribution in [0.3, 0.4) is 0 Å². The van der Waals surface area contributed by atoms with Crippen molar-refractivity contribution >= 4 is 22.4 Å². The Labute approximate surface area is 160 Å². The molecule has 142 valence electrons. The van der Waals surface area contributed by atoms with E-state index in [-0.39, 0.29) is 11.7 Å². The second-order valence-electron chi connectivity index (χ2n) is 6.17. The molecule has 3 rings (SSSR count). The average molecular weight is 388 g/mol. The Morgan fingerprint density at radius 1 is 1.30 bits per heavy atom. The fraction of sp³-hybridized carbons (Fsp3) is 0.333. The van der Waals surface area contributed by atoms with Gasteiger partial charge in [0.2, 0.25) is 11.0 Å². The van der Waals surface area contributed by atoms with E-state index in [9.17, 15) is 9.18 Å². The molecule has 27 heavy (non-hydrogen) atoms. The molecule has 2 aromatic heterocycles. The highest BCUT2D eigenvalue weighted by atomic mass is 32.1. The third kappa shape index (κ3) is 5.18. The number of benzene rings is 1. The molecule has 3 aromatic rings. The van der Waals surface area contributed by atoms with Gasteiger partial charge in [0.1, 0.15) is 10.8 Å². The van der Waals surface area contributed by atoms with Crippen LogP contribution in [0.5, 0.6) is 0 Å². The summed E-state index contributed by atoms with van der Waals surface area (Å²) in [5.41, 5.74) is 2.71. The summed E-state index contributed by atoms with van der Waals surface area (Å²) < 4.78 is 13.1. The number of hydrogen-bond donors (Lipinski definition) is 2. The van der Waals surface area contributed by atoms with Crippen LogP contribution in [0.4, 0.5) is 9.52 Å². The summed E-state index contributed by atoms with van der Waals surface area (Å²) in [6.45, 7) is 3.20. The minimum Gasteiger partial charge on any atom is -0.301 e. The van der Waals surface area contributed by atoms with E-state index in [2.05, 4.69) is 25.7 Å². The van der Waals surface area contributed by atoms with Crippen LogP contribution in [0.1, 0.15) is 23.9 Å². The Hall–Kier alpha value is -2.65. The van der Waals surface area contributed by atoms with Gasteiger partial charge in [-0.05, 0) is 37.7 Å². The first-order valence-corrected chi connectivity index (χ1v) is 9.45. The number of halogens is 1. The fourth-order valence-electron chi connectivity index (χ4n) is 2.59. The molecule has 0 bridgehead atoms. The molecule has 0 unspecified atom stereocenters. The molecule has 1 amide bonds. The van der Waals surface area contributed by atoms with Gasteiger partial charge in [-0.15, -0.1) is 10.2 Å². The second kappa shape index (κ2) is 8.83. The maximum absolute atomic E-state index is 13.1. The molecule has 1 aromatic carbocycles. The van der Waals surface area contributed by atoms with E-state index < -0.39 is 0 Å². The normalized spacial score (nSPS) is 11.1. The number of hydrogen-bond acceptors (Lipinski definition) is 6. The first-order valence-electron chi connectivity index (χ1n) is 8.64. The molecule has 9 heteroatoms. The lowest BCUT2D eigenvalue weighted by Gasteiger charge is -2.16. The molecule has 0 atom stereocenters. The van der Waals surface area contributed by atoms with E-state index in [4.69, 9.17) is 0 Å². The fourth-order valence-corrected chi connectivity index (χ4v) is 3.28. The largest absolute Gasteiger partial charge is 0.301 e. The van der Waals surface area contributed by atoms with Gasteiger partial charge in [0, 0.05) is 30.6 Å². The van der Waals surface area contributed by atoms with E-state index in [1.54, 1.807) is 18.3 Å². The zero-order chi connectivity index (χ0) is 19.2. The highest BCUT2D eigenvalue weighted by Crippen LogP contribution is 2.22. The summed E-state index contributed by atoms with van der Waals surface area (Å²) >= 11 is 1.39. The SMILES string of the molecule is CCc1nnc(NC(=O)CCN(C)Cc2cn[nH]c2-c2ccc(F)cc2)s1. The van der Waals surface area contributed by atoms with Crippen LogP contribution in [0.25, 0.3) is 11.3 Å². The van der Waals surface area contributed by atoms with Crippen molar-refractivity contribution in [2.24, 2.45) is 0 Å². The molecule has 2 heterocycles. The summed E-state index contributed by atoms with van der Waals surface area (Å²) in [4.78, 5) is 14.1. The molecule has 0 saturated carbocycles. The molecule has 0 saturated heterocycles. The highest BCUT2D eigenvalue weighted by molar-refractivity contribution is 7.15. The molecular formula is C18H21FN6OS. The second-order valence-corrected chi connectivity index (χ2v) is 7.23. The Balaban J connectivity index is 1.52. The standard InChI is InChI=1S/C18H21FN6OS/c1-3-16-22-24-18(27-16)21-15(26)8-9-25(2)11-13-10-20-23-17(13)12-4-6-14(19)7-5-12/h4-7,10H,3,8-9,11H2,1-2H3,(H,20,23)(H,21,24,26). The molecule has 0 spiro atoms. The number of aromatic amines is 1. The molecule has 0 fully saturated rings. The van der Waals surface area contributed by atoms with Crippen molar-refractivity contribution in [3.63, 3.8) is 0 Å². The van der Waals surface area contributed by atoms with E-state index in [1.807, 2.05) is 18.9 Å². The average Bonchev–Trinajstić information content (AvgIpc) is 3.30. The predicted octanol–water partition coefficient (Wildman–Crippen LogP) is 3.09. The predicted molar refractivity (Wildman–Crippen MR) is 103 cm³/mol. The van der Waals surface area contributed by atoms with E-state index in [0.717, 1.165) is 28.2 Å². The van der Waals surface area contributed by atoms with Crippen LogP contribution in [-0.4, -0.2) is 44.8 Å². The zero-order valence-electron chi connectivity index (χ0n) is 15.2. The van der Waals surface area contributed by atoms with E-state index >= 15 is 0 Å². The van der Waals surface area contributed by atoms with Crippen LogP contribution >= 0.6 is 11.3 Å². The lowest BCUT2D eigenvalue weighted by molar-refractivity contribution is -0.116. The highest BCUT2D eigenvalue weighted by Gasteiger charge is 2.12. The first kappa shape index (κ1) is 19.1. The Kier molecular flexibility index (Phi) is 6.25.